The monoisotopic (exact) mass is 363 g/mol. The first-order chi connectivity index (χ1) is 12.9. The fraction of sp³-hybridized carbons (Fsp3) is 0.870. The number of aliphatic imine (C=N–C) groups is 1. The highest BCUT2D eigenvalue weighted by Gasteiger charge is 2.19. The summed E-state index contributed by atoms with van der Waals surface area (Å²) >= 11 is 0. The van der Waals surface area contributed by atoms with Crippen LogP contribution in [0, 0.1) is 0 Å². The maximum absolute atomic E-state index is 5.66. The zero-order chi connectivity index (χ0) is 18.7. The topological polar surface area (TPSA) is 41.6 Å². The Kier molecular flexibility index (Phi) is 15.9. The van der Waals surface area contributed by atoms with Gasteiger partial charge in [0.05, 0.1) is 0 Å². The molecular formula is C23H45N3. The molecule has 1 atom stereocenters. The first-order valence-corrected chi connectivity index (χ1v) is 11.5. The summed E-state index contributed by atoms with van der Waals surface area (Å²) in [6, 6.07) is 0. The highest BCUT2D eigenvalue weighted by Crippen LogP contribution is 2.16. The third-order valence-electron chi connectivity index (χ3n) is 5.41. The fourth-order valence-corrected chi connectivity index (χ4v) is 3.73. The number of unbranched alkanes of at least 4 members (excludes halogenated alkanes) is 12. The molecule has 26 heavy (non-hydrogen) atoms. The SMILES string of the molecule is CCCCCCC/C=C/CCCCCCCCCC1N=CCN1CCN. The van der Waals surface area contributed by atoms with Gasteiger partial charge in [-0.25, -0.2) is 0 Å². The van der Waals surface area contributed by atoms with Crippen LogP contribution in [-0.2, 0) is 0 Å². The minimum absolute atomic E-state index is 0.414. The van der Waals surface area contributed by atoms with Crippen LogP contribution < -0.4 is 5.73 Å². The Hall–Kier alpha value is -0.670. The number of nitrogens with two attached hydrogens (primary N) is 1. The molecular weight excluding hydrogens is 318 g/mol. The first kappa shape index (κ1) is 23.4. The van der Waals surface area contributed by atoms with Gasteiger partial charge in [0, 0.05) is 25.8 Å². The molecule has 0 radical (unpaired) electrons. The van der Waals surface area contributed by atoms with Crippen molar-refractivity contribution >= 4 is 6.21 Å². The van der Waals surface area contributed by atoms with E-state index in [9.17, 15) is 0 Å². The van der Waals surface area contributed by atoms with Gasteiger partial charge in [0.1, 0.15) is 6.17 Å². The lowest BCUT2D eigenvalue weighted by atomic mass is 10.1. The Labute approximate surface area is 163 Å². The Morgan fingerprint density at radius 1 is 0.885 bits per heavy atom. The Morgan fingerprint density at radius 2 is 1.46 bits per heavy atom. The van der Waals surface area contributed by atoms with E-state index in [4.69, 9.17) is 5.73 Å². The van der Waals surface area contributed by atoms with E-state index in [1.54, 1.807) is 0 Å². The van der Waals surface area contributed by atoms with Gasteiger partial charge in [0.2, 0.25) is 0 Å². The van der Waals surface area contributed by atoms with Crippen molar-refractivity contribution in [2.24, 2.45) is 10.7 Å². The third-order valence-corrected chi connectivity index (χ3v) is 5.41. The average Bonchev–Trinajstić information content (AvgIpc) is 3.09. The van der Waals surface area contributed by atoms with E-state index in [-0.39, 0.29) is 0 Å². The second-order valence-corrected chi connectivity index (χ2v) is 7.82. The Bertz CT molecular complexity index is 351. The minimum atomic E-state index is 0.414. The van der Waals surface area contributed by atoms with Gasteiger partial charge < -0.3 is 5.73 Å². The van der Waals surface area contributed by atoms with Crippen LogP contribution in [0.25, 0.3) is 0 Å². The molecule has 2 N–H and O–H groups in total. The van der Waals surface area contributed by atoms with Gasteiger partial charge in [-0.3, -0.25) is 9.89 Å². The second kappa shape index (κ2) is 17.7. The van der Waals surface area contributed by atoms with Gasteiger partial charge in [0.15, 0.2) is 0 Å². The lowest BCUT2D eigenvalue weighted by Gasteiger charge is -2.21. The van der Waals surface area contributed by atoms with Crippen molar-refractivity contribution in [3.63, 3.8) is 0 Å². The maximum Gasteiger partial charge on any atom is 0.102 e. The van der Waals surface area contributed by atoms with Gasteiger partial charge in [-0.15, -0.1) is 0 Å². The van der Waals surface area contributed by atoms with E-state index < -0.39 is 0 Å². The molecule has 0 fully saturated rings. The maximum atomic E-state index is 5.66. The second-order valence-electron chi connectivity index (χ2n) is 7.82. The molecule has 0 aliphatic carbocycles. The van der Waals surface area contributed by atoms with E-state index >= 15 is 0 Å². The van der Waals surface area contributed by atoms with E-state index in [1.807, 2.05) is 0 Å². The summed E-state index contributed by atoms with van der Waals surface area (Å²) < 4.78 is 0. The summed E-state index contributed by atoms with van der Waals surface area (Å²) in [7, 11) is 0. The Morgan fingerprint density at radius 3 is 2.08 bits per heavy atom. The van der Waals surface area contributed by atoms with E-state index in [0.29, 0.717) is 6.17 Å². The van der Waals surface area contributed by atoms with E-state index in [2.05, 4.69) is 35.2 Å². The highest BCUT2D eigenvalue weighted by atomic mass is 15.3. The van der Waals surface area contributed by atoms with Crippen molar-refractivity contribution in [2.75, 3.05) is 19.6 Å². The molecule has 0 aromatic heterocycles. The molecule has 0 saturated heterocycles. The van der Waals surface area contributed by atoms with Crippen molar-refractivity contribution in [3.8, 4) is 0 Å². The Balaban J connectivity index is 1.79. The van der Waals surface area contributed by atoms with Crippen LogP contribution in [-0.4, -0.2) is 36.9 Å². The summed E-state index contributed by atoms with van der Waals surface area (Å²) in [5.74, 6) is 0. The normalized spacial score (nSPS) is 17.7. The van der Waals surface area contributed by atoms with Gasteiger partial charge in [-0.2, -0.15) is 0 Å². The standard InChI is InChI=1S/C23H45N3/c1-2-3-4-5-6-7-8-9-10-11-12-13-14-15-16-17-18-23-25-20-22-26(23)21-19-24/h8-9,20,23H,2-7,10-19,21-22,24H2,1H3/b9-8+. The highest BCUT2D eigenvalue weighted by molar-refractivity contribution is 5.62. The van der Waals surface area contributed by atoms with Crippen LogP contribution in [0.4, 0.5) is 0 Å². The quantitative estimate of drug-likeness (QED) is 0.237. The van der Waals surface area contributed by atoms with Crippen LogP contribution in [0.3, 0.4) is 0 Å². The minimum Gasteiger partial charge on any atom is -0.329 e. The van der Waals surface area contributed by atoms with Gasteiger partial charge in [-0.05, 0) is 38.5 Å². The molecule has 152 valence electrons. The third kappa shape index (κ3) is 12.6. The van der Waals surface area contributed by atoms with Crippen molar-refractivity contribution < 1.29 is 0 Å². The molecule has 0 spiro atoms. The molecule has 1 aliphatic rings. The predicted molar refractivity (Wildman–Crippen MR) is 117 cm³/mol. The zero-order valence-corrected chi connectivity index (χ0v) is 17.5. The summed E-state index contributed by atoms with van der Waals surface area (Å²) in [6.45, 7) is 5.00. The number of hydrogen-bond acceptors (Lipinski definition) is 3. The van der Waals surface area contributed by atoms with Crippen LogP contribution in [0.2, 0.25) is 0 Å². The zero-order valence-electron chi connectivity index (χ0n) is 17.5. The molecule has 0 bridgehead atoms. The van der Waals surface area contributed by atoms with Crippen molar-refractivity contribution in [1.29, 1.82) is 0 Å². The molecule has 1 aliphatic heterocycles. The smallest absolute Gasteiger partial charge is 0.102 e. The van der Waals surface area contributed by atoms with Gasteiger partial charge >= 0.3 is 0 Å². The molecule has 0 amide bonds. The predicted octanol–water partition coefficient (Wildman–Crippen LogP) is 6.09. The van der Waals surface area contributed by atoms with Gasteiger partial charge in [-0.1, -0.05) is 76.9 Å². The van der Waals surface area contributed by atoms with Gasteiger partial charge in [0.25, 0.3) is 0 Å². The molecule has 0 saturated carbocycles. The first-order valence-electron chi connectivity index (χ1n) is 11.5. The number of nitrogens with zero attached hydrogens (tertiary/aromatic N) is 2. The summed E-state index contributed by atoms with van der Waals surface area (Å²) in [4.78, 5) is 6.98. The number of rotatable bonds is 18. The molecule has 3 heteroatoms. The lowest BCUT2D eigenvalue weighted by molar-refractivity contribution is 0.241. The van der Waals surface area contributed by atoms with Crippen molar-refractivity contribution in [3.05, 3.63) is 12.2 Å². The van der Waals surface area contributed by atoms with Crippen molar-refractivity contribution in [2.45, 2.75) is 109 Å². The van der Waals surface area contributed by atoms with Crippen LogP contribution in [0.5, 0.6) is 0 Å². The summed E-state index contributed by atoms with van der Waals surface area (Å²) in [5.41, 5.74) is 5.66. The number of hydrogen-bond donors (Lipinski definition) is 1. The van der Waals surface area contributed by atoms with Crippen molar-refractivity contribution in [1.82, 2.24) is 4.90 Å². The summed E-state index contributed by atoms with van der Waals surface area (Å²) in [5, 5.41) is 0. The van der Waals surface area contributed by atoms with E-state index in [0.717, 1.165) is 19.6 Å². The average molecular weight is 364 g/mol. The van der Waals surface area contributed by atoms with Crippen LogP contribution >= 0.6 is 0 Å². The molecule has 3 nitrogen and oxygen atoms in total. The molecule has 1 rings (SSSR count). The van der Waals surface area contributed by atoms with Crippen LogP contribution in [0.1, 0.15) is 103 Å². The molecule has 0 aromatic carbocycles. The van der Waals surface area contributed by atoms with Crippen LogP contribution in [0.15, 0.2) is 17.1 Å². The molecule has 1 unspecified atom stereocenters. The number of allylic oxidation sites excluding steroid dienone is 2. The summed E-state index contributed by atoms with van der Waals surface area (Å²) in [6.07, 6.45) is 27.7. The lowest BCUT2D eigenvalue weighted by Crippen LogP contribution is -2.34. The largest absolute Gasteiger partial charge is 0.329 e. The fourth-order valence-electron chi connectivity index (χ4n) is 3.73. The molecule has 0 aromatic rings. The molecule has 1 heterocycles. The van der Waals surface area contributed by atoms with E-state index in [1.165, 1.54) is 96.3 Å².